The van der Waals surface area contributed by atoms with Crippen molar-refractivity contribution in [2.45, 2.75) is 38.8 Å². The fraction of sp³-hybridized carbons (Fsp3) is 0.545. The molecule has 2 saturated heterocycles. The summed E-state index contributed by atoms with van der Waals surface area (Å²) in [5.41, 5.74) is 0.381. The molecule has 0 bridgehead atoms. The van der Waals surface area contributed by atoms with Crippen LogP contribution in [0, 0.1) is 0 Å². The summed E-state index contributed by atoms with van der Waals surface area (Å²) in [5.74, 6) is -0.215. The van der Waals surface area contributed by atoms with Crippen molar-refractivity contribution in [3.05, 3.63) is 29.8 Å². The van der Waals surface area contributed by atoms with Gasteiger partial charge in [0.1, 0.15) is 5.66 Å². The first-order valence-electron chi connectivity index (χ1n) is 10.8. The molecule has 0 spiro atoms. The van der Waals surface area contributed by atoms with Gasteiger partial charge in [0.15, 0.2) is 0 Å². The van der Waals surface area contributed by atoms with Crippen LogP contribution in [0.4, 0.5) is 10.5 Å². The molecule has 0 radical (unpaired) electrons. The second-order valence-electron chi connectivity index (χ2n) is 8.24. The van der Waals surface area contributed by atoms with Crippen molar-refractivity contribution in [1.82, 2.24) is 14.7 Å². The maximum atomic E-state index is 13.2. The van der Waals surface area contributed by atoms with E-state index in [2.05, 4.69) is 0 Å². The maximum Gasteiger partial charge on any atom is 0.409 e. The summed E-state index contributed by atoms with van der Waals surface area (Å²) in [5, 5.41) is 0. The molecule has 0 saturated carbocycles. The standard InChI is InChI=1S/C22H28N4O5/c1-3-31-21(30)24-14-12-23(13-15-24)18(27)9-11-25-20(29)16-6-4-5-7-17(16)26-19(28)8-10-22(25,26)2/h4-7H,3,8-15H2,1-2H3. The number of hydrogen-bond acceptors (Lipinski definition) is 5. The highest BCUT2D eigenvalue weighted by atomic mass is 16.6. The molecule has 0 aliphatic carbocycles. The minimum Gasteiger partial charge on any atom is -0.450 e. The van der Waals surface area contributed by atoms with Crippen LogP contribution in [0.5, 0.6) is 0 Å². The van der Waals surface area contributed by atoms with Gasteiger partial charge in [-0.15, -0.1) is 0 Å². The van der Waals surface area contributed by atoms with E-state index in [9.17, 15) is 19.2 Å². The fourth-order valence-corrected chi connectivity index (χ4v) is 4.76. The summed E-state index contributed by atoms with van der Waals surface area (Å²) in [6.07, 6.45) is 0.729. The lowest BCUT2D eigenvalue weighted by Gasteiger charge is -2.48. The van der Waals surface area contributed by atoms with Gasteiger partial charge in [-0.1, -0.05) is 12.1 Å². The topological polar surface area (TPSA) is 90.5 Å². The van der Waals surface area contributed by atoms with Crippen LogP contribution in [-0.2, 0) is 14.3 Å². The first-order chi connectivity index (χ1) is 14.9. The molecule has 9 nitrogen and oxygen atoms in total. The van der Waals surface area contributed by atoms with Crippen LogP contribution in [0.25, 0.3) is 0 Å². The SMILES string of the molecule is CCOC(=O)N1CCN(C(=O)CCN2C(=O)c3ccccc3N3C(=O)CCC23C)CC1. The lowest BCUT2D eigenvalue weighted by molar-refractivity contribution is -0.133. The molecule has 166 valence electrons. The Morgan fingerprint density at radius 2 is 1.74 bits per heavy atom. The van der Waals surface area contributed by atoms with E-state index in [-0.39, 0.29) is 36.8 Å². The molecule has 1 aromatic carbocycles. The van der Waals surface area contributed by atoms with Crippen LogP contribution in [0.2, 0.25) is 0 Å². The van der Waals surface area contributed by atoms with Gasteiger partial charge in [0.2, 0.25) is 11.8 Å². The minimum absolute atomic E-state index is 0.00568. The Morgan fingerprint density at radius 1 is 1.06 bits per heavy atom. The molecular weight excluding hydrogens is 400 g/mol. The van der Waals surface area contributed by atoms with E-state index in [0.717, 1.165) is 0 Å². The number of amides is 4. The van der Waals surface area contributed by atoms with E-state index >= 15 is 0 Å². The van der Waals surface area contributed by atoms with Gasteiger partial charge in [0.05, 0.1) is 17.9 Å². The Hall–Kier alpha value is -3.10. The number of fused-ring (bicyclic) bond motifs is 3. The summed E-state index contributed by atoms with van der Waals surface area (Å²) in [6, 6.07) is 7.14. The molecule has 3 aliphatic rings. The summed E-state index contributed by atoms with van der Waals surface area (Å²) in [7, 11) is 0. The number of para-hydroxylation sites is 1. The van der Waals surface area contributed by atoms with E-state index in [0.29, 0.717) is 56.9 Å². The molecular formula is C22H28N4O5. The smallest absolute Gasteiger partial charge is 0.409 e. The van der Waals surface area contributed by atoms with Crippen LogP contribution in [0.3, 0.4) is 0 Å². The normalized spacial score (nSPS) is 23.0. The van der Waals surface area contributed by atoms with Gasteiger partial charge in [-0.2, -0.15) is 0 Å². The molecule has 31 heavy (non-hydrogen) atoms. The van der Waals surface area contributed by atoms with Crippen molar-refractivity contribution in [1.29, 1.82) is 0 Å². The third-order valence-electron chi connectivity index (χ3n) is 6.45. The van der Waals surface area contributed by atoms with Crippen LogP contribution in [0.1, 0.15) is 43.5 Å². The maximum absolute atomic E-state index is 13.2. The van der Waals surface area contributed by atoms with Crippen molar-refractivity contribution in [3.8, 4) is 0 Å². The second-order valence-corrected chi connectivity index (χ2v) is 8.24. The second kappa shape index (κ2) is 8.20. The number of carbonyl (C=O) groups is 4. The zero-order valence-electron chi connectivity index (χ0n) is 18.0. The van der Waals surface area contributed by atoms with Gasteiger partial charge < -0.3 is 19.4 Å². The molecule has 1 unspecified atom stereocenters. The van der Waals surface area contributed by atoms with E-state index in [1.807, 2.05) is 13.0 Å². The number of carbonyl (C=O) groups excluding carboxylic acids is 4. The average molecular weight is 428 g/mol. The Bertz CT molecular complexity index is 911. The predicted molar refractivity (Wildman–Crippen MR) is 112 cm³/mol. The van der Waals surface area contributed by atoms with Crippen LogP contribution in [0.15, 0.2) is 24.3 Å². The minimum atomic E-state index is -0.759. The van der Waals surface area contributed by atoms with Gasteiger partial charge in [-0.05, 0) is 32.4 Å². The highest BCUT2D eigenvalue weighted by Gasteiger charge is 2.52. The van der Waals surface area contributed by atoms with Crippen molar-refractivity contribution in [2.24, 2.45) is 0 Å². The third-order valence-corrected chi connectivity index (χ3v) is 6.45. The fourth-order valence-electron chi connectivity index (χ4n) is 4.76. The molecule has 3 heterocycles. The molecule has 4 rings (SSSR count). The number of hydrogen-bond donors (Lipinski definition) is 0. The van der Waals surface area contributed by atoms with Crippen LogP contribution in [-0.4, -0.2) is 83.5 Å². The number of piperazine rings is 1. The number of ether oxygens (including phenoxy) is 1. The summed E-state index contributed by atoms with van der Waals surface area (Å²) in [4.78, 5) is 57.2. The third kappa shape index (κ3) is 3.62. The number of benzene rings is 1. The van der Waals surface area contributed by atoms with E-state index in [1.54, 1.807) is 44.7 Å². The average Bonchev–Trinajstić information content (AvgIpc) is 3.09. The number of anilines is 1. The van der Waals surface area contributed by atoms with Gasteiger partial charge in [0, 0.05) is 45.6 Å². The van der Waals surface area contributed by atoms with Crippen molar-refractivity contribution in [2.75, 3.05) is 44.2 Å². The van der Waals surface area contributed by atoms with Gasteiger partial charge in [-0.25, -0.2) is 4.79 Å². The molecule has 4 amide bonds. The van der Waals surface area contributed by atoms with Gasteiger partial charge in [0.25, 0.3) is 5.91 Å². The monoisotopic (exact) mass is 428 g/mol. The quantitative estimate of drug-likeness (QED) is 0.728. The van der Waals surface area contributed by atoms with E-state index < -0.39 is 5.66 Å². The summed E-state index contributed by atoms with van der Waals surface area (Å²) >= 11 is 0. The Kier molecular flexibility index (Phi) is 5.60. The highest BCUT2D eigenvalue weighted by molar-refractivity contribution is 6.10. The molecule has 3 aliphatic heterocycles. The lowest BCUT2D eigenvalue weighted by atomic mass is 9.98. The lowest BCUT2D eigenvalue weighted by Crippen LogP contribution is -2.62. The van der Waals surface area contributed by atoms with Crippen molar-refractivity contribution < 1.29 is 23.9 Å². The Labute approximate surface area is 181 Å². The number of nitrogens with zero attached hydrogens (tertiary/aromatic N) is 4. The van der Waals surface area contributed by atoms with E-state index in [4.69, 9.17) is 4.74 Å². The Balaban J connectivity index is 1.43. The van der Waals surface area contributed by atoms with Crippen LogP contribution < -0.4 is 4.90 Å². The van der Waals surface area contributed by atoms with Crippen LogP contribution >= 0.6 is 0 Å². The molecule has 1 atom stereocenters. The zero-order valence-corrected chi connectivity index (χ0v) is 18.0. The molecule has 0 N–H and O–H groups in total. The zero-order chi connectivity index (χ0) is 22.2. The Morgan fingerprint density at radius 3 is 2.45 bits per heavy atom. The molecule has 9 heteroatoms. The molecule has 2 fully saturated rings. The van der Waals surface area contributed by atoms with E-state index in [1.165, 1.54) is 0 Å². The molecule has 1 aromatic rings. The first-order valence-corrected chi connectivity index (χ1v) is 10.8. The van der Waals surface area contributed by atoms with Gasteiger partial charge in [-0.3, -0.25) is 19.3 Å². The van der Waals surface area contributed by atoms with Crippen molar-refractivity contribution >= 4 is 29.5 Å². The summed E-state index contributed by atoms with van der Waals surface area (Å²) < 4.78 is 5.01. The largest absolute Gasteiger partial charge is 0.450 e. The first kappa shape index (κ1) is 21.1. The molecule has 0 aromatic heterocycles. The number of rotatable bonds is 4. The highest BCUT2D eigenvalue weighted by Crippen LogP contribution is 2.43. The van der Waals surface area contributed by atoms with Crippen molar-refractivity contribution in [3.63, 3.8) is 0 Å². The summed E-state index contributed by atoms with van der Waals surface area (Å²) in [6.45, 7) is 5.97. The van der Waals surface area contributed by atoms with Gasteiger partial charge >= 0.3 is 6.09 Å². The predicted octanol–water partition coefficient (Wildman–Crippen LogP) is 1.68.